The molecule has 2 rings (SSSR count). The van der Waals surface area contributed by atoms with Crippen LogP contribution in [0.2, 0.25) is 0 Å². The minimum atomic E-state index is 0.255. The van der Waals surface area contributed by atoms with E-state index < -0.39 is 0 Å². The summed E-state index contributed by atoms with van der Waals surface area (Å²) in [6.07, 6.45) is 4.86. The zero-order valence-corrected chi connectivity index (χ0v) is 13.6. The molecule has 0 radical (unpaired) electrons. The maximum absolute atomic E-state index is 8.76. The molecule has 6 heteroatoms. The molecule has 1 aliphatic rings. The Bertz CT molecular complexity index is 458. The summed E-state index contributed by atoms with van der Waals surface area (Å²) in [7, 11) is 0. The zero-order chi connectivity index (χ0) is 15.1. The van der Waals surface area contributed by atoms with Crippen molar-refractivity contribution < 1.29 is 9.94 Å². The molecule has 1 aromatic rings. The molecule has 3 N–H and O–H groups in total. The normalized spacial score (nSPS) is 16.6. The molecule has 0 amide bonds. The summed E-state index contributed by atoms with van der Waals surface area (Å²) in [5, 5.41) is 11.8. The lowest BCUT2D eigenvalue weighted by Gasteiger charge is -2.28. The number of rotatable bonds is 7. The predicted octanol–water partition coefficient (Wildman–Crippen LogP) is 2.82. The molecule has 0 unspecified atom stereocenters. The van der Waals surface area contributed by atoms with Crippen molar-refractivity contribution in [3.8, 4) is 5.75 Å². The highest BCUT2D eigenvalue weighted by atomic mass is 79.9. The lowest BCUT2D eigenvalue weighted by molar-refractivity contribution is 0.178. The minimum absolute atomic E-state index is 0.255. The molecule has 5 nitrogen and oxygen atoms in total. The smallest absolute Gasteiger partial charge is 0.153 e. The number of hydrogen-bond donors (Lipinski definition) is 2. The molecule has 1 aliphatic carbocycles. The number of nitrogens with two attached hydrogens (primary N) is 1. The molecule has 1 saturated carbocycles. The molecular formula is C15H22BrN3O2. The third kappa shape index (κ3) is 5.21. The SMILES string of the molecule is NC(CN(CCOc1ccc(Br)cc1)C1CCCC1)=NO. The molecule has 0 heterocycles. The van der Waals surface area contributed by atoms with Crippen molar-refractivity contribution >= 4 is 21.8 Å². The number of hydrogen-bond acceptors (Lipinski definition) is 4. The number of ether oxygens (including phenoxy) is 1. The Morgan fingerprint density at radius 2 is 2.00 bits per heavy atom. The fraction of sp³-hybridized carbons (Fsp3) is 0.533. The standard InChI is InChI=1S/C15H22BrN3O2/c16-12-5-7-14(8-6-12)21-10-9-19(11-15(17)18-20)13-3-1-2-4-13/h5-8,13,20H,1-4,9-11H2,(H2,17,18). The van der Waals surface area contributed by atoms with Crippen LogP contribution in [0.3, 0.4) is 0 Å². The Morgan fingerprint density at radius 1 is 1.33 bits per heavy atom. The molecule has 0 aromatic heterocycles. The monoisotopic (exact) mass is 355 g/mol. The van der Waals surface area contributed by atoms with E-state index in [0.717, 1.165) is 16.8 Å². The highest BCUT2D eigenvalue weighted by molar-refractivity contribution is 9.10. The first-order valence-electron chi connectivity index (χ1n) is 7.28. The number of oxime groups is 1. The third-order valence-corrected chi connectivity index (χ3v) is 4.32. The first kappa shape index (κ1) is 16.1. The Balaban J connectivity index is 1.84. The van der Waals surface area contributed by atoms with Crippen LogP contribution in [0, 0.1) is 0 Å². The van der Waals surface area contributed by atoms with Crippen LogP contribution in [-0.4, -0.2) is 41.7 Å². The zero-order valence-electron chi connectivity index (χ0n) is 12.0. The van der Waals surface area contributed by atoms with E-state index in [4.69, 9.17) is 15.7 Å². The molecular weight excluding hydrogens is 334 g/mol. The van der Waals surface area contributed by atoms with Gasteiger partial charge >= 0.3 is 0 Å². The van der Waals surface area contributed by atoms with E-state index in [9.17, 15) is 0 Å². The number of benzene rings is 1. The maximum atomic E-state index is 8.76. The fourth-order valence-corrected chi connectivity index (χ4v) is 2.98. The Labute approximate surface area is 133 Å². The molecule has 0 saturated heterocycles. The average molecular weight is 356 g/mol. The number of amidine groups is 1. The van der Waals surface area contributed by atoms with Crippen LogP contribution in [0.15, 0.2) is 33.9 Å². The summed E-state index contributed by atoms with van der Waals surface area (Å²) in [6, 6.07) is 8.31. The highest BCUT2D eigenvalue weighted by Crippen LogP contribution is 2.23. The van der Waals surface area contributed by atoms with Crippen LogP contribution in [0.5, 0.6) is 5.75 Å². The lowest BCUT2D eigenvalue weighted by atomic mass is 10.2. The van der Waals surface area contributed by atoms with Crippen molar-refractivity contribution in [2.45, 2.75) is 31.7 Å². The second-order valence-electron chi connectivity index (χ2n) is 5.30. The summed E-state index contributed by atoms with van der Waals surface area (Å²) >= 11 is 3.40. The Kier molecular flexibility index (Phi) is 6.32. The summed E-state index contributed by atoms with van der Waals surface area (Å²) in [6.45, 7) is 1.86. The van der Waals surface area contributed by atoms with E-state index in [1.54, 1.807) is 0 Å². The summed E-state index contributed by atoms with van der Waals surface area (Å²) in [5.41, 5.74) is 5.65. The minimum Gasteiger partial charge on any atom is -0.492 e. The molecule has 0 atom stereocenters. The summed E-state index contributed by atoms with van der Waals surface area (Å²) in [5.74, 6) is 1.11. The molecule has 21 heavy (non-hydrogen) atoms. The Morgan fingerprint density at radius 3 is 2.62 bits per heavy atom. The van der Waals surface area contributed by atoms with Crippen LogP contribution in [-0.2, 0) is 0 Å². The van der Waals surface area contributed by atoms with Crippen molar-refractivity contribution in [2.24, 2.45) is 10.9 Å². The van der Waals surface area contributed by atoms with Gasteiger partial charge in [0, 0.05) is 17.1 Å². The van der Waals surface area contributed by atoms with Crippen LogP contribution in [0.25, 0.3) is 0 Å². The quantitative estimate of drug-likeness (QED) is 0.341. The van der Waals surface area contributed by atoms with Gasteiger partial charge in [0.1, 0.15) is 12.4 Å². The predicted molar refractivity (Wildman–Crippen MR) is 86.9 cm³/mol. The van der Waals surface area contributed by atoms with Gasteiger partial charge < -0.3 is 15.7 Å². The van der Waals surface area contributed by atoms with E-state index in [1.165, 1.54) is 25.7 Å². The molecule has 0 spiro atoms. The van der Waals surface area contributed by atoms with Gasteiger partial charge in [-0.1, -0.05) is 33.9 Å². The molecule has 1 fully saturated rings. The largest absolute Gasteiger partial charge is 0.492 e. The van der Waals surface area contributed by atoms with E-state index in [-0.39, 0.29) is 5.84 Å². The van der Waals surface area contributed by atoms with Crippen LogP contribution < -0.4 is 10.5 Å². The maximum Gasteiger partial charge on any atom is 0.153 e. The lowest BCUT2D eigenvalue weighted by Crippen LogP contribution is -2.42. The molecule has 0 aliphatic heterocycles. The van der Waals surface area contributed by atoms with Crippen LogP contribution in [0.1, 0.15) is 25.7 Å². The summed E-state index contributed by atoms with van der Waals surface area (Å²) in [4.78, 5) is 2.25. The topological polar surface area (TPSA) is 71.1 Å². The number of halogens is 1. The van der Waals surface area contributed by atoms with Gasteiger partial charge in [-0.05, 0) is 37.1 Å². The van der Waals surface area contributed by atoms with Gasteiger partial charge in [0.05, 0.1) is 6.54 Å². The van der Waals surface area contributed by atoms with Gasteiger partial charge in [0.25, 0.3) is 0 Å². The Hall–Kier alpha value is -1.27. The van der Waals surface area contributed by atoms with Gasteiger partial charge in [0.15, 0.2) is 5.84 Å². The second kappa shape index (κ2) is 8.24. The van der Waals surface area contributed by atoms with Crippen LogP contribution >= 0.6 is 15.9 Å². The van der Waals surface area contributed by atoms with Crippen molar-refractivity contribution in [1.29, 1.82) is 0 Å². The van der Waals surface area contributed by atoms with E-state index in [0.29, 0.717) is 19.2 Å². The fourth-order valence-electron chi connectivity index (χ4n) is 2.71. The van der Waals surface area contributed by atoms with Gasteiger partial charge in [-0.25, -0.2) is 0 Å². The third-order valence-electron chi connectivity index (χ3n) is 3.80. The van der Waals surface area contributed by atoms with Gasteiger partial charge in [-0.3, -0.25) is 4.90 Å². The van der Waals surface area contributed by atoms with Crippen molar-refractivity contribution in [1.82, 2.24) is 4.90 Å². The van der Waals surface area contributed by atoms with Crippen molar-refractivity contribution in [2.75, 3.05) is 19.7 Å². The molecule has 0 bridgehead atoms. The van der Waals surface area contributed by atoms with E-state index in [1.807, 2.05) is 24.3 Å². The van der Waals surface area contributed by atoms with Crippen molar-refractivity contribution in [3.63, 3.8) is 0 Å². The van der Waals surface area contributed by atoms with Crippen LogP contribution in [0.4, 0.5) is 0 Å². The average Bonchev–Trinajstić information content (AvgIpc) is 3.02. The number of nitrogens with zero attached hydrogens (tertiary/aromatic N) is 2. The van der Waals surface area contributed by atoms with Gasteiger partial charge in [-0.15, -0.1) is 0 Å². The molecule has 116 valence electrons. The van der Waals surface area contributed by atoms with Crippen molar-refractivity contribution in [3.05, 3.63) is 28.7 Å². The van der Waals surface area contributed by atoms with Gasteiger partial charge in [0.2, 0.25) is 0 Å². The molecule has 1 aromatic carbocycles. The van der Waals surface area contributed by atoms with Gasteiger partial charge in [-0.2, -0.15) is 0 Å². The summed E-state index contributed by atoms with van der Waals surface area (Å²) < 4.78 is 6.80. The first-order valence-corrected chi connectivity index (χ1v) is 8.07. The van der Waals surface area contributed by atoms with E-state index >= 15 is 0 Å². The first-order chi connectivity index (χ1) is 10.2. The van der Waals surface area contributed by atoms with E-state index in [2.05, 4.69) is 26.0 Å². The second-order valence-corrected chi connectivity index (χ2v) is 6.22. The highest BCUT2D eigenvalue weighted by Gasteiger charge is 2.23.